The molecule has 4 heteroatoms. The van der Waals surface area contributed by atoms with Gasteiger partial charge in [-0.05, 0) is 55.7 Å². The molecule has 1 aromatic rings. The van der Waals surface area contributed by atoms with Gasteiger partial charge in [-0.15, -0.1) is 0 Å². The third-order valence-electron chi connectivity index (χ3n) is 4.66. The maximum atomic E-state index is 11.7. The first kappa shape index (κ1) is 16.3. The van der Waals surface area contributed by atoms with Crippen LogP contribution in [0.1, 0.15) is 46.0 Å². The van der Waals surface area contributed by atoms with Crippen LogP contribution in [0.25, 0.3) is 0 Å². The SMILES string of the molecule is CC1(C)CCC(CCOc2cccc(Br)c2)(C(=O)O)CC1. The monoisotopic (exact) mass is 354 g/mol. The van der Waals surface area contributed by atoms with E-state index in [0.717, 1.165) is 35.9 Å². The predicted octanol–water partition coefficient (Wildman–Crippen LogP) is 4.89. The van der Waals surface area contributed by atoms with Crippen LogP contribution in [-0.2, 0) is 4.79 Å². The second kappa shape index (κ2) is 6.39. The van der Waals surface area contributed by atoms with E-state index in [1.807, 2.05) is 24.3 Å². The van der Waals surface area contributed by atoms with Crippen molar-refractivity contribution in [2.45, 2.75) is 46.0 Å². The molecule has 1 aliphatic rings. The number of benzene rings is 1. The lowest BCUT2D eigenvalue weighted by molar-refractivity contribution is -0.153. The van der Waals surface area contributed by atoms with E-state index in [9.17, 15) is 9.90 Å². The molecule has 0 heterocycles. The summed E-state index contributed by atoms with van der Waals surface area (Å²) in [5.41, 5.74) is -0.342. The quantitative estimate of drug-likeness (QED) is 0.818. The van der Waals surface area contributed by atoms with Gasteiger partial charge in [-0.1, -0.05) is 35.8 Å². The van der Waals surface area contributed by atoms with Crippen molar-refractivity contribution < 1.29 is 14.6 Å². The van der Waals surface area contributed by atoms with Gasteiger partial charge in [0.25, 0.3) is 0 Å². The van der Waals surface area contributed by atoms with E-state index in [0.29, 0.717) is 13.0 Å². The number of hydrogen-bond acceptors (Lipinski definition) is 2. The Hall–Kier alpha value is -1.03. The molecular weight excluding hydrogens is 332 g/mol. The van der Waals surface area contributed by atoms with Gasteiger partial charge in [0.15, 0.2) is 0 Å². The summed E-state index contributed by atoms with van der Waals surface area (Å²) in [6.45, 7) is 4.89. The predicted molar refractivity (Wildman–Crippen MR) is 86.6 cm³/mol. The van der Waals surface area contributed by atoms with Crippen LogP contribution in [0.4, 0.5) is 0 Å². The molecule has 1 aliphatic carbocycles. The molecule has 3 nitrogen and oxygen atoms in total. The Morgan fingerprint density at radius 1 is 1.29 bits per heavy atom. The Labute approximate surface area is 134 Å². The van der Waals surface area contributed by atoms with Gasteiger partial charge in [0.2, 0.25) is 0 Å². The molecule has 0 amide bonds. The molecule has 21 heavy (non-hydrogen) atoms. The molecule has 1 aromatic carbocycles. The summed E-state index contributed by atoms with van der Waals surface area (Å²) in [7, 11) is 0. The fourth-order valence-electron chi connectivity index (χ4n) is 2.90. The third kappa shape index (κ3) is 4.22. The van der Waals surface area contributed by atoms with Crippen molar-refractivity contribution in [1.82, 2.24) is 0 Å². The second-order valence-electron chi connectivity index (χ2n) is 6.81. The van der Waals surface area contributed by atoms with E-state index in [2.05, 4.69) is 29.8 Å². The molecule has 0 radical (unpaired) electrons. The number of ether oxygens (including phenoxy) is 1. The molecule has 1 saturated carbocycles. The third-order valence-corrected chi connectivity index (χ3v) is 5.15. The zero-order valence-electron chi connectivity index (χ0n) is 12.7. The molecular formula is C17H23BrO3. The van der Waals surface area contributed by atoms with Crippen molar-refractivity contribution in [3.8, 4) is 5.75 Å². The number of carboxylic acid groups (broad SMARTS) is 1. The van der Waals surface area contributed by atoms with Gasteiger partial charge >= 0.3 is 5.97 Å². The molecule has 0 aromatic heterocycles. The molecule has 0 spiro atoms. The summed E-state index contributed by atoms with van der Waals surface area (Å²) < 4.78 is 6.69. The van der Waals surface area contributed by atoms with Crippen molar-refractivity contribution in [2.75, 3.05) is 6.61 Å². The Bertz CT molecular complexity index is 501. The Kier molecular flexibility index (Phi) is 4.97. The van der Waals surface area contributed by atoms with Crippen LogP contribution in [-0.4, -0.2) is 17.7 Å². The molecule has 0 unspecified atom stereocenters. The zero-order chi connectivity index (χ0) is 15.5. The van der Waals surface area contributed by atoms with Crippen molar-refractivity contribution in [3.63, 3.8) is 0 Å². The average molecular weight is 355 g/mol. The lowest BCUT2D eigenvalue weighted by atomic mass is 9.64. The van der Waals surface area contributed by atoms with E-state index < -0.39 is 11.4 Å². The Balaban J connectivity index is 1.94. The summed E-state index contributed by atoms with van der Waals surface area (Å²) >= 11 is 3.40. The van der Waals surface area contributed by atoms with Crippen molar-refractivity contribution >= 4 is 21.9 Å². The summed E-state index contributed by atoms with van der Waals surface area (Å²) in [5, 5.41) is 9.64. The number of hydrogen-bond donors (Lipinski definition) is 1. The fourth-order valence-corrected chi connectivity index (χ4v) is 3.28. The number of carboxylic acids is 1. The van der Waals surface area contributed by atoms with Crippen molar-refractivity contribution in [3.05, 3.63) is 28.7 Å². The molecule has 0 saturated heterocycles. The highest BCUT2D eigenvalue weighted by molar-refractivity contribution is 9.10. The standard InChI is InChI=1S/C17H23BrO3/c1-16(2)6-8-17(9-7-16,15(19)20)10-11-21-14-5-3-4-13(18)12-14/h3-5,12H,6-11H2,1-2H3,(H,19,20). The van der Waals surface area contributed by atoms with Crippen molar-refractivity contribution in [1.29, 1.82) is 0 Å². The topological polar surface area (TPSA) is 46.5 Å². The summed E-state index contributed by atoms with van der Waals surface area (Å²) in [4.78, 5) is 11.7. The van der Waals surface area contributed by atoms with E-state index >= 15 is 0 Å². The van der Waals surface area contributed by atoms with E-state index in [1.165, 1.54) is 0 Å². The van der Waals surface area contributed by atoms with Gasteiger partial charge in [-0.25, -0.2) is 0 Å². The van der Waals surface area contributed by atoms with Crippen LogP contribution in [0, 0.1) is 10.8 Å². The summed E-state index contributed by atoms with van der Waals surface area (Å²) in [5.74, 6) is 0.108. The molecule has 1 fully saturated rings. The molecule has 0 bridgehead atoms. The van der Waals surface area contributed by atoms with Gasteiger partial charge in [0, 0.05) is 4.47 Å². The highest BCUT2D eigenvalue weighted by Gasteiger charge is 2.43. The van der Waals surface area contributed by atoms with Gasteiger partial charge in [-0.2, -0.15) is 0 Å². The molecule has 2 rings (SSSR count). The van der Waals surface area contributed by atoms with E-state index in [-0.39, 0.29) is 5.41 Å². The largest absolute Gasteiger partial charge is 0.494 e. The van der Waals surface area contributed by atoms with Crippen LogP contribution in [0.3, 0.4) is 0 Å². The summed E-state index contributed by atoms with van der Waals surface area (Å²) in [6.07, 6.45) is 4.01. The molecule has 0 aliphatic heterocycles. The van der Waals surface area contributed by atoms with Crippen LogP contribution in [0.2, 0.25) is 0 Å². The average Bonchev–Trinajstić information content (AvgIpc) is 2.41. The van der Waals surface area contributed by atoms with Crippen LogP contribution < -0.4 is 4.74 Å². The minimum absolute atomic E-state index is 0.268. The Morgan fingerprint density at radius 3 is 2.52 bits per heavy atom. The molecule has 0 atom stereocenters. The highest BCUT2D eigenvalue weighted by atomic mass is 79.9. The second-order valence-corrected chi connectivity index (χ2v) is 7.72. The number of aliphatic carboxylic acids is 1. The number of halogens is 1. The van der Waals surface area contributed by atoms with Gasteiger partial charge in [0.05, 0.1) is 12.0 Å². The lowest BCUT2D eigenvalue weighted by Gasteiger charge is -2.40. The van der Waals surface area contributed by atoms with E-state index in [4.69, 9.17) is 4.74 Å². The first-order chi connectivity index (χ1) is 9.83. The van der Waals surface area contributed by atoms with Gasteiger partial charge < -0.3 is 9.84 Å². The van der Waals surface area contributed by atoms with Gasteiger partial charge in [-0.3, -0.25) is 4.79 Å². The smallest absolute Gasteiger partial charge is 0.309 e. The maximum absolute atomic E-state index is 11.7. The van der Waals surface area contributed by atoms with Crippen molar-refractivity contribution in [2.24, 2.45) is 10.8 Å². The van der Waals surface area contributed by atoms with Crippen LogP contribution in [0.15, 0.2) is 28.7 Å². The van der Waals surface area contributed by atoms with Crippen LogP contribution in [0.5, 0.6) is 5.75 Å². The fraction of sp³-hybridized carbons (Fsp3) is 0.588. The highest BCUT2D eigenvalue weighted by Crippen LogP contribution is 2.47. The van der Waals surface area contributed by atoms with Gasteiger partial charge in [0.1, 0.15) is 5.75 Å². The Morgan fingerprint density at radius 2 is 1.95 bits per heavy atom. The minimum Gasteiger partial charge on any atom is -0.494 e. The zero-order valence-corrected chi connectivity index (χ0v) is 14.3. The van der Waals surface area contributed by atoms with E-state index in [1.54, 1.807) is 0 Å². The minimum atomic E-state index is -0.671. The number of carbonyl (C=O) groups is 1. The molecule has 1 N–H and O–H groups in total. The normalized spacial score (nSPS) is 20.0. The number of rotatable bonds is 5. The van der Waals surface area contributed by atoms with Crippen LogP contribution >= 0.6 is 15.9 Å². The first-order valence-electron chi connectivity index (χ1n) is 7.45. The summed E-state index contributed by atoms with van der Waals surface area (Å²) in [6, 6.07) is 7.64. The lowest BCUT2D eigenvalue weighted by Crippen LogP contribution is -2.39. The maximum Gasteiger partial charge on any atom is 0.309 e. The molecule has 116 valence electrons. The first-order valence-corrected chi connectivity index (χ1v) is 8.24.